The zero-order valence-electron chi connectivity index (χ0n) is 9.78. The molecule has 16 heavy (non-hydrogen) atoms. The Morgan fingerprint density at radius 1 is 0.625 bits per heavy atom. The average molecular weight is 224 g/mol. The summed E-state index contributed by atoms with van der Waals surface area (Å²) in [5.41, 5.74) is 10.4. The highest BCUT2D eigenvalue weighted by molar-refractivity contribution is 6.49. The number of nitrogens with one attached hydrogen (secondary N) is 3. The van der Waals surface area contributed by atoms with E-state index in [0.29, 0.717) is 7.12 Å². The maximum atomic E-state index is 3.48. The van der Waals surface area contributed by atoms with E-state index >= 15 is 0 Å². The number of hydrogen-bond acceptors (Lipinski definition) is 6. The predicted octanol–water partition coefficient (Wildman–Crippen LogP) is -1.40. The van der Waals surface area contributed by atoms with E-state index in [-0.39, 0.29) is 0 Å². The second kappa shape index (κ2) is 4.99. The zero-order chi connectivity index (χ0) is 10.8. The van der Waals surface area contributed by atoms with E-state index in [1.54, 1.807) is 0 Å². The molecule has 0 aliphatic carbocycles. The lowest BCUT2D eigenvalue weighted by Crippen LogP contribution is -2.68. The van der Waals surface area contributed by atoms with Crippen LogP contribution in [-0.4, -0.2) is 61.1 Å². The van der Waals surface area contributed by atoms with E-state index in [1.165, 1.54) is 19.3 Å². The Hall–Kier alpha value is -0.175. The van der Waals surface area contributed by atoms with Gasteiger partial charge in [-0.25, -0.2) is 0 Å². The van der Waals surface area contributed by atoms with Gasteiger partial charge in [0.1, 0.15) is 7.12 Å². The summed E-state index contributed by atoms with van der Waals surface area (Å²) in [5, 5.41) is 0. The summed E-state index contributed by atoms with van der Waals surface area (Å²) < 4.78 is 0. The fraction of sp³-hybridized carbons (Fsp3) is 1.00. The van der Waals surface area contributed by atoms with Gasteiger partial charge in [0.05, 0.1) is 0 Å². The first-order valence-corrected chi connectivity index (χ1v) is 6.45. The lowest BCUT2D eigenvalue weighted by atomic mass is 9.89. The second-order valence-electron chi connectivity index (χ2n) is 4.71. The van der Waals surface area contributed by atoms with Crippen LogP contribution in [0.5, 0.6) is 0 Å². The number of hydrazine groups is 3. The normalized spacial score (nSPS) is 29.8. The van der Waals surface area contributed by atoms with Gasteiger partial charge in [-0.2, -0.15) is 0 Å². The van der Waals surface area contributed by atoms with Gasteiger partial charge in [0.25, 0.3) is 0 Å². The highest BCUT2D eigenvalue weighted by atomic mass is 15.7. The van der Waals surface area contributed by atoms with Crippen molar-refractivity contribution in [3.05, 3.63) is 0 Å². The molecular formula is C9H21BN6-. The molecule has 3 saturated heterocycles. The molecule has 3 fully saturated rings. The maximum absolute atomic E-state index is 3.48. The van der Waals surface area contributed by atoms with Crippen LogP contribution in [0.3, 0.4) is 0 Å². The molecule has 3 aliphatic heterocycles. The van der Waals surface area contributed by atoms with Crippen LogP contribution in [0.25, 0.3) is 0 Å². The molecule has 1 radical (unpaired) electrons. The monoisotopic (exact) mass is 224 g/mol. The molecule has 0 aromatic carbocycles. The van der Waals surface area contributed by atoms with Crippen LogP contribution in [0.2, 0.25) is 0 Å². The highest BCUT2D eigenvalue weighted by Crippen LogP contribution is 2.12. The summed E-state index contributed by atoms with van der Waals surface area (Å²) in [6, 6.07) is 0. The van der Waals surface area contributed by atoms with Crippen LogP contribution >= 0.6 is 0 Å². The number of nitrogens with zero attached hydrogens (tertiary/aromatic N) is 3. The van der Waals surface area contributed by atoms with E-state index in [1.807, 2.05) is 0 Å². The average Bonchev–Trinajstić information content (AvgIpc) is 3.02. The first-order chi connectivity index (χ1) is 7.95. The fourth-order valence-corrected chi connectivity index (χ4v) is 2.75. The van der Waals surface area contributed by atoms with Crippen LogP contribution in [0.4, 0.5) is 0 Å². The van der Waals surface area contributed by atoms with Gasteiger partial charge in [0.15, 0.2) is 0 Å². The molecule has 3 N–H and O–H groups in total. The maximum Gasteiger partial charge on any atom is 0.141 e. The van der Waals surface area contributed by atoms with Crippen molar-refractivity contribution in [2.24, 2.45) is 0 Å². The van der Waals surface area contributed by atoms with Crippen molar-refractivity contribution in [1.29, 1.82) is 0 Å². The van der Waals surface area contributed by atoms with Gasteiger partial charge in [0, 0.05) is 19.6 Å². The topological polar surface area (TPSA) is 45.8 Å². The third kappa shape index (κ3) is 2.11. The lowest BCUT2D eigenvalue weighted by molar-refractivity contribution is 0.236. The van der Waals surface area contributed by atoms with E-state index in [2.05, 4.69) is 31.0 Å². The summed E-state index contributed by atoms with van der Waals surface area (Å²) in [5.74, 6) is 0. The van der Waals surface area contributed by atoms with Gasteiger partial charge < -0.3 is 14.8 Å². The van der Waals surface area contributed by atoms with Crippen molar-refractivity contribution in [2.45, 2.75) is 19.3 Å². The molecule has 0 bridgehead atoms. The largest absolute Gasteiger partial charge is 0.407 e. The molecule has 0 spiro atoms. The van der Waals surface area contributed by atoms with Crippen molar-refractivity contribution < 1.29 is 0 Å². The zero-order valence-corrected chi connectivity index (χ0v) is 9.78. The van der Waals surface area contributed by atoms with Crippen molar-refractivity contribution >= 4 is 7.12 Å². The Labute approximate surface area is 97.4 Å². The summed E-state index contributed by atoms with van der Waals surface area (Å²) >= 11 is 0. The second-order valence-corrected chi connectivity index (χ2v) is 4.71. The summed E-state index contributed by atoms with van der Waals surface area (Å²) in [7, 11) is 0.326. The Kier molecular flexibility index (Phi) is 3.42. The number of hydrogen-bond donors (Lipinski definition) is 3. The first-order valence-electron chi connectivity index (χ1n) is 6.45. The van der Waals surface area contributed by atoms with Crippen LogP contribution in [0.1, 0.15) is 19.3 Å². The van der Waals surface area contributed by atoms with E-state index in [0.717, 1.165) is 39.3 Å². The summed E-state index contributed by atoms with van der Waals surface area (Å²) in [4.78, 5) is 7.07. The molecule has 0 atom stereocenters. The van der Waals surface area contributed by atoms with Crippen molar-refractivity contribution in [3.63, 3.8) is 0 Å². The summed E-state index contributed by atoms with van der Waals surface area (Å²) in [6.07, 6.45) is 3.74. The molecule has 7 heteroatoms. The van der Waals surface area contributed by atoms with Gasteiger partial charge in [-0.1, -0.05) is 0 Å². The molecule has 3 heterocycles. The Bertz CT molecular complexity index is 184. The third-order valence-corrected chi connectivity index (χ3v) is 3.51. The van der Waals surface area contributed by atoms with Crippen molar-refractivity contribution in [2.75, 3.05) is 39.3 Å². The molecule has 3 aliphatic rings. The standard InChI is InChI=1S/C9H21BN6/c1-4-11-14(7-1)10(15-8-2-5-12-15)16-9-3-6-13-16/h11-13H,1-9H2/q-1. The van der Waals surface area contributed by atoms with Crippen molar-refractivity contribution in [1.82, 2.24) is 31.0 Å². The predicted molar refractivity (Wildman–Crippen MR) is 63.7 cm³/mol. The lowest BCUT2D eigenvalue weighted by Gasteiger charge is -2.51. The molecule has 0 amide bonds. The van der Waals surface area contributed by atoms with Crippen molar-refractivity contribution in [3.8, 4) is 0 Å². The third-order valence-electron chi connectivity index (χ3n) is 3.51. The quantitative estimate of drug-likeness (QED) is 0.513. The van der Waals surface area contributed by atoms with Crippen LogP contribution in [0, 0.1) is 0 Å². The minimum Gasteiger partial charge on any atom is -0.407 e. The van der Waals surface area contributed by atoms with Crippen LogP contribution in [0.15, 0.2) is 0 Å². The molecule has 0 aromatic rings. The van der Waals surface area contributed by atoms with Gasteiger partial charge in [-0.05, 0) is 38.9 Å². The Morgan fingerprint density at radius 3 is 1.25 bits per heavy atom. The number of rotatable bonds is 3. The SMILES string of the molecule is C1CNN([B-](N2CCCN2)N2CCCN2)C1. The molecule has 0 aromatic heterocycles. The van der Waals surface area contributed by atoms with Crippen LogP contribution in [-0.2, 0) is 0 Å². The molecule has 6 nitrogen and oxygen atoms in total. The minimum atomic E-state index is 0.326. The minimum absolute atomic E-state index is 0.326. The van der Waals surface area contributed by atoms with E-state index in [9.17, 15) is 0 Å². The van der Waals surface area contributed by atoms with Gasteiger partial charge in [-0.3, -0.25) is 16.3 Å². The first kappa shape index (κ1) is 10.9. The smallest absolute Gasteiger partial charge is 0.141 e. The van der Waals surface area contributed by atoms with Gasteiger partial charge >= 0.3 is 0 Å². The van der Waals surface area contributed by atoms with E-state index in [4.69, 9.17) is 0 Å². The molecule has 91 valence electrons. The van der Waals surface area contributed by atoms with Gasteiger partial charge in [0.2, 0.25) is 0 Å². The van der Waals surface area contributed by atoms with Crippen LogP contribution < -0.4 is 16.3 Å². The summed E-state index contributed by atoms with van der Waals surface area (Å²) in [6.45, 7) is 6.75. The molecule has 0 unspecified atom stereocenters. The Morgan fingerprint density at radius 2 is 1.00 bits per heavy atom. The Balaban J connectivity index is 1.70. The van der Waals surface area contributed by atoms with Gasteiger partial charge in [-0.15, -0.1) is 0 Å². The molecule has 0 saturated carbocycles. The van der Waals surface area contributed by atoms with E-state index < -0.39 is 0 Å². The highest BCUT2D eigenvalue weighted by Gasteiger charge is 2.26. The molecular weight excluding hydrogens is 203 g/mol. The fourth-order valence-electron chi connectivity index (χ4n) is 2.75. The molecule has 3 rings (SSSR count).